The van der Waals surface area contributed by atoms with Crippen LogP contribution in [0.3, 0.4) is 0 Å². The van der Waals surface area contributed by atoms with E-state index in [2.05, 4.69) is 5.32 Å². The summed E-state index contributed by atoms with van der Waals surface area (Å²) in [6, 6.07) is 15.7. The zero-order valence-electron chi connectivity index (χ0n) is 17.7. The van der Waals surface area contributed by atoms with E-state index in [1.807, 2.05) is 25.1 Å². The fraction of sp³-hybridized carbons (Fsp3) is 0.208. The van der Waals surface area contributed by atoms with Gasteiger partial charge < -0.3 is 20.9 Å². The summed E-state index contributed by atoms with van der Waals surface area (Å²) in [4.78, 5) is 35.7. The zero-order valence-corrected chi connectivity index (χ0v) is 17.7. The third kappa shape index (κ3) is 5.90. The van der Waals surface area contributed by atoms with Crippen molar-refractivity contribution in [3.8, 4) is 5.69 Å². The monoisotopic (exact) mass is 435 g/mol. The number of carboxylic acids is 1. The highest BCUT2D eigenvalue weighted by Gasteiger charge is 2.15. The molecular formula is C24H25N3O5. The Morgan fingerprint density at radius 1 is 1.06 bits per heavy atom. The summed E-state index contributed by atoms with van der Waals surface area (Å²) in [5, 5.41) is 11.6. The molecule has 166 valence electrons. The van der Waals surface area contributed by atoms with Gasteiger partial charge in [-0.3, -0.25) is 14.2 Å². The predicted octanol–water partition coefficient (Wildman–Crippen LogP) is 2.58. The lowest BCUT2D eigenvalue weighted by Gasteiger charge is -2.13. The number of nitrogens with two attached hydrogens (primary N) is 1. The molecule has 8 heteroatoms. The van der Waals surface area contributed by atoms with Crippen LogP contribution in [0, 0.1) is 0 Å². The summed E-state index contributed by atoms with van der Waals surface area (Å²) < 4.78 is 6.86. The quantitative estimate of drug-likeness (QED) is 0.475. The molecule has 0 aliphatic heterocycles. The largest absolute Gasteiger partial charge is 0.478 e. The first kappa shape index (κ1) is 22.9. The number of carbonyl (C=O) groups excluding carboxylic acids is 1. The Labute approximate surface area is 185 Å². The van der Waals surface area contributed by atoms with Gasteiger partial charge in [-0.2, -0.15) is 0 Å². The number of aromatic nitrogens is 1. The Balaban J connectivity index is 1.61. The SMILES string of the molecule is CCOCc1ccn(-c2ccc(CC(N)C(=O)Nc3ccc(C(=O)O)cc3)cc2)c(=O)c1. The molecule has 32 heavy (non-hydrogen) atoms. The number of nitrogens with one attached hydrogen (secondary N) is 1. The Morgan fingerprint density at radius 2 is 1.75 bits per heavy atom. The first-order chi connectivity index (χ1) is 15.4. The smallest absolute Gasteiger partial charge is 0.335 e. The van der Waals surface area contributed by atoms with Crippen molar-refractivity contribution in [3.05, 3.63) is 93.9 Å². The predicted molar refractivity (Wildman–Crippen MR) is 121 cm³/mol. The van der Waals surface area contributed by atoms with Crippen molar-refractivity contribution in [2.24, 2.45) is 5.73 Å². The molecule has 1 atom stereocenters. The third-order valence-electron chi connectivity index (χ3n) is 4.86. The van der Waals surface area contributed by atoms with Crippen LogP contribution in [-0.4, -0.2) is 34.2 Å². The number of hydrogen-bond donors (Lipinski definition) is 3. The maximum absolute atomic E-state index is 12.4. The Morgan fingerprint density at radius 3 is 2.34 bits per heavy atom. The number of aromatic carboxylic acids is 1. The molecule has 0 aliphatic carbocycles. The number of pyridine rings is 1. The Bertz CT molecular complexity index is 1140. The highest BCUT2D eigenvalue weighted by molar-refractivity contribution is 5.95. The van der Waals surface area contributed by atoms with Crippen molar-refractivity contribution >= 4 is 17.6 Å². The Hall–Kier alpha value is -3.75. The maximum atomic E-state index is 12.4. The molecule has 1 aromatic heterocycles. The van der Waals surface area contributed by atoms with E-state index in [0.717, 1.165) is 11.1 Å². The number of nitrogens with zero attached hydrogens (tertiary/aromatic N) is 1. The van der Waals surface area contributed by atoms with Gasteiger partial charge in [0.2, 0.25) is 5.91 Å². The number of carboxylic acid groups (broad SMARTS) is 1. The maximum Gasteiger partial charge on any atom is 0.335 e. The van der Waals surface area contributed by atoms with Crippen LogP contribution in [0.15, 0.2) is 71.7 Å². The molecule has 0 saturated heterocycles. The number of hydrogen-bond acceptors (Lipinski definition) is 5. The summed E-state index contributed by atoms with van der Waals surface area (Å²) in [6.45, 7) is 2.88. The summed E-state index contributed by atoms with van der Waals surface area (Å²) in [6.07, 6.45) is 2.02. The lowest BCUT2D eigenvalue weighted by Crippen LogP contribution is -2.37. The van der Waals surface area contributed by atoms with Crippen molar-refractivity contribution in [1.82, 2.24) is 4.57 Å². The van der Waals surface area contributed by atoms with E-state index in [1.54, 1.807) is 24.4 Å². The van der Waals surface area contributed by atoms with Crippen molar-refractivity contribution in [2.45, 2.75) is 26.0 Å². The van der Waals surface area contributed by atoms with Crippen LogP contribution in [0.1, 0.15) is 28.4 Å². The standard InChI is InChI=1S/C24H25N3O5/c1-2-32-15-17-11-12-27(22(28)14-17)20-9-3-16(4-10-20)13-21(25)23(29)26-19-7-5-18(6-8-19)24(30)31/h3-12,14,21H,2,13,15,25H2,1H3,(H,26,29)(H,30,31). The van der Waals surface area contributed by atoms with Crippen molar-refractivity contribution in [2.75, 3.05) is 11.9 Å². The number of rotatable bonds is 9. The van der Waals surface area contributed by atoms with Crippen molar-refractivity contribution in [3.63, 3.8) is 0 Å². The van der Waals surface area contributed by atoms with Crippen LogP contribution < -0.4 is 16.6 Å². The molecule has 1 heterocycles. The van der Waals surface area contributed by atoms with Gasteiger partial charge in [-0.1, -0.05) is 12.1 Å². The van der Waals surface area contributed by atoms with E-state index < -0.39 is 12.0 Å². The van der Waals surface area contributed by atoms with E-state index in [4.69, 9.17) is 15.6 Å². The summed E-state index contributed by atoms with van der Waals surface area (Å²) in [7, 11) is 0. The van der Waals surface area contributed by atoms with Crippen LogP contribution in [-0.2, 0) is 22.6 Å². The number of carbonyl (C=O) groups is 2. The second-order valence-corrected chi connectivity index (χ2v) is 7.23. The third-order valence-corrected chi connectivity index (χ3v) is 4.86. The van der Waals surface area contributed by atoms with Gasteiger partial charge in [-0.15, -0.1) is 0 Å². The average molecular weight is 435 g/mol. The second kappa shape index (κ2) is 10.5. The minimum atomic E-state index is -1.04. The highest BCUT2D eigenvalue weighted by Crippen LogP contribution is 2.13. The van der Waals surface area contributed by atoms with Crippen LogP contribution >= 0.6 is 0 Å². The molecule has 0 bridgehead atoms. The molecule has 0 spiro atoms. The van der Waals surface area contributed by atoms with E-state index in [9.17, 15) is 14.4 Å². The molecule has 4 N–H and O–H groups in total. The van der Waals surface area contributed by atoms with Gasteiger partial charge >= 0.3 is 5.97 Å². The first-order valence-electron chi connectivity index (χ1n) is 10.2. The molecule has 2 aromatic carbocycles. The molecule has 0 fully saturated rings. The summed E-state index contributed by atoms with van der Waals surface area (Å²) in [5.41, 5.74) is 8.86. The molecule has 1 unspecified atom stereocenters. The summed E-state index contributed by atoms with van der Waals surface area (Å²) >= 11 is 0. The van der Waals surface area contributed by atoms with Crippen LogP contribution in [0.25, 0.3) is 5.69 Å². The number of amides is 1. The topological polar surface area (TPSA) is 124 Å². The lowest BCUT2D eigenvalue weighted by atomic mass is 10.1. The van der Waals surface area contributed by atoms with E-state index in [-0.39, 0.29) is 17.0 Å². The molecule has 1 amide bonds. The van der Waals surface area contributed by atoms with Crippen molar-refractivity contribution < 1.29 is 19.4 Å². The second-order valence-electron chi connectivity index (χ2n) is 7.23. The molecule has 0 aliphatic rings. The minimum Gasteiger partial charge on any atom is -0.478 e. The van der Waals surface area contributed by atoms with Crippen LogP contribution in [0.2, 0.25) is 0 Å². The molecule has 3 aromatic rings. The van der Waals surface area contributed by atoms with Gasteiger partial charge in [-0.05, 0) is 66.9 Å². The first-order valence-corrected chi connectivity index (χ1v) is 10.2. The minimum absolute atomic E-state index is 0.135. The van der Waals surface area contributed by atoms with Gasteiger partial charge in [0, 0.05) is 30.2 Å². The molecule has 0 saturated carbocycles. The molecule has 8 nitrogen and oxygen atoms in total. The van der Waals surface area contributed by atoms with E-state index >= 15 is 0 Å². The average Bonchev–Trinajstić information content (AvgIpc) is 2.78. The molecule has 0 radical (unpaired) electrons. The van der Waals surface area contributed by atoms with Crippen LogP contribution in [0.5, 0.6) is 0 Å². The number of anilines is 1. The molecule has 3 rings (SSSR count). The Kier molecular flexibility index (Phi) is 7.54. The zero-order chi connectivity index (χ0) is 23.1. The number of benzene rings is 2. The van der Waals surface area contributed by atoms with Gasteiger partial charge in [0.1, 0.15) is 0 Å². The van der Waals surface area contributed by atoms with Crippen LogP contribution in [0.4, 0.5) is 5.69 Å². The fourth-order valence-corrected chi connectivity index (χ4v) is 3.11. The van der Waals surface area contributed by atoms with Gasteiger partial charge in [0.15, 0.2) is 0 Å². The van der Waals surface area contributed by atoms with E-state index in [1.165, 1.54) is 28.8 Å². The van der Waals surface area contributed by atoms with Gasteiger partial charge in [0.05, 0.1) is 18.2 Å². The highest BCUT2D eigenvalue weighted by atomic mass is 16.5. The summed E-state index contributed by atoms with van der Waals surface area (Å²) in [5.74, 6) is -1.41. The fourth-order valence-electron chi connectivity index (χ4n) is 3.11. The molecular weight excluding hydrogens is 410 g/mol. The number of ether oxygens (including phenoxy) is 1. The normalized spacial score (nSPS) is 11.7. The van der Waals surface area contributed by atoms with E-state index in [0.29, 0.717) is 31.0 Å². The van der Waals surface area contributed by atoms with Gasteiger partial charge in [-0.25, -0.2) is 4.79 Å². The van der Waals surface area contributed by atoms with Crippen molar-refractivity contribution in [1.29, 1.82) is 0 Å². The van der Waals surface area contributed by atoms with Gasteiger partial charge in [0.25, 0.3) is 5.56 Å². The lowest BCUT2D eigenvalue weighted by molar-refractivity contribution is -0.117.